The summed E-state index contributed by atoms with van der Waals surface area (Å²) in [5.74, 6) is 0.211. The topological polar surface area (TPSA) is 161 Å². The molecule has 39 heavy (non-hydrogen) atoms. The highest BCUT2D eigenvalue weighted by Crippen LogP contribution is 2.39. The van der Waals surface area contributed by atoms with Crippen molar-refractivity contribution in [3.63, 3.8) is 0 Å². The lowest BCUT2D eigenvalue weighted by atomic mass is 9.96. The lowest BCUT2D eigenvalue weighted by Gasteiger charge is -2.19. The molecule has 6 N–H and O–H groups in total. The number of ether oxygens (including phenoxy) is 1. The summed E-state index contributed by atoms with van der Waals surface area (Å²) in [7, 11) is 0. The second kappa shape index (κ2) is 10.1. The van der Waals surface area contributed by atoms with Crippen molar-refractivity contribution in [3.05, 3.63) is 107 Å². The molecule has 2 heterocycles. The first kappa shape index (κ1) is 25.1. The maximum atomic E-state index is 12.4. The monoisotopic (exact) mass is 526 g/mol. The Hall–Kier alpha value is -5.57. The minimum atomic E-state index is -0.408. The van der Waals surface area contributed by atoms with E-state index in [4.69, 9.17) is 9.15 Å². The summed E-state index contributed by atoms with van der Waals surface area (Å²) in [5, 5.41) is 56.9. The van der Waals surface area contributed by atoms with Crippen molar-refractivity contribution in [2.24, 2.45) is 0 Å². The maximum absolute atomic E-state index is 12.4. The third-order valence-electron chi connectivity index (χ3n) is 6.12. The van der Waals surface area contributed by atoms with Crippen molar-refractivity contribution >= 4 is 16.5 Å². The fourth-order valence-electron chi connectivity index (χ4n) is 4.17. The molecule has 0 amide bonds. The van der Waals surface area contributed by atoms with Gasteiger partial charge < -0.3 is 39.8 Å². The number of hydrogen-bond acceptors (Lipinski definition) is 9. The fraction of sp³-hybridized carbons (Fsp3) is 0.0333. The van der Waals surface area contributed by atoms with E-state index in [0.717, 1.165) is 17.2 Å². The minimum absolute atomic E-state index is 0.00775. The third-order valence-corrected chi connectivity index (χ3v) is 6.12. The first-order chi connectivity index (χ1) is 18.7. The van der Waals surface area contributed by atoms with Crippen LogP contribution >= 0.6 is 0 Å². The number of fused-ring (bicyclic) bond motifs is 2. The molecule has 0 fully saturated rings. The Labute approximate surface area is 221 Å². The average molecular weight is 526 g/mol. The molecule has 4 aromatic carbocycles. The van der Waals surface area contributed by atoms with Crippen LogP contribution in [0.4, 0.5) is 0 Å². The van der Waals surface area contributed by atoms with Crippen molar-refractivity contribution in [1.82, 2.24) is 0 Å². The van der Waals surface area contributed by atoms with E-state index in [-0.39, 0.29) is 51.0 Å². The quantitative estimate of drug-likeness (QED) is 0.178. The number of allylic oxidation sites excluding steroid dienone is 1. The van der Waals surface area contributed by atoms with Gasteiger partial charge in [-0.15, -0.1) is 0 Å². The van der Waals surface area contributed by atoms with Crippen molar-refractivity contribution in [2.45, 2.75) is 6.42 Å². The van der Waals surface area contributed by atoms with Gasteiger partial charge in [0.2, 0.25) is 5.43 Å². The number of rotatable bonds is 2. The van der Waals surface area contributed by atoms with Crippen LogP contribution in [0.3, 0.4) is 0 Å². The normalized spacial score (nSPS) is 12.1. The highest BCUT2D eigenvalue weighted by atomic mass is 16.5. The molecule has 1 aromatic heterocycles. The molecule has 0 saturated carbocycles. The van der Waals surface area contributed by atoms with Crippen molar-refractivity contribution < 1.29 is 39.8 Å². The SMILES string of the molecule is O=c1c(-c2ccc(O)cc2)coc2cc(O)cc(O)c12.Oc1ccc(C2=COc3cc(O)cc(O)c3C2)cc1. The molecule has 9 nitrogen and oxygen atoms in total. The molecule has 5 aromatic rings. The molecule has 0 unspecified atom stereocenters. The predicted octanol–water partition coefficient (Wildman–Crippen LogP) is 5.36. The number of benzene rings is 4. The van der Waals surface area contributed by atoms with Gasteiger partial charge in [0.1, 0.15) is 57.5 Å². The van der Waals surface area contributed by atoms with Crippen LogP contribution in [0.1, 0.15) is 11.1 Å². The van der Waals surface area contributed by atoms with E-state index >= 15 is 0 Å². The molecular weight excluding hydrogens is 504 g/mol. The Morgan fingerprint density at radius 1 is 0.641 bits per heavy atom. The summed E-state index contributed by atoms with van der Waals surface area (Å²) < 4.78 is 10.7. The van der Waals surface area contributed by atoms with Gasteiger partial charge in [-0.1, -0.05) is 24.3 Å². The molecule has 196 valence electrons. The van der Waals surface area contributed by atoms with Crippen molar-refractivity contribution in [3.8, 4) is 51.4 Å². The predicted molar refractivity (Wildman–Crippen MR) is 143 cm³/mol. The van der Waals surface area contributed by atoms with Gasteiger partial charge in [0.25, 0.3) is 0 Å². The number of phenolic OH excluding ortho intramolecular Hbond substituents is 6. The molecule has 0 saturated heterocycles. The van der Waals surface area contributed by atoms with Crippen LogP contribution in [-0.4, -0.2) is 30.6 Å². The molecule has 1 aliphatic heterocycles. The molecule has 0 spiro atoms. The molecule has 0 aliphatic carbocycles. The van der Waals surface area contributed by atoms with E-state index in [0.29, 0.717) is 23.3 Å². The third kappa shape index (κ3) is 5.14. The van der Waals surface area contributed by atoms with Crippen LogP contribution in [0.5, 0.6) is 40.2 Å². The standard InChI is InChI=1S/C15H10O5.C15H12O4/c16-9-3-1-8(2-4-9)11-7-20-13-6-10(17)5-12(18)14(13)15(11)19;16-11-3-1-9(2-4-11)10-5-13-14(18)6-12(17)7-15(13)19-8-10/h1-7,16-18H;1-4,6-8,16-18H,5H2. The van der Waals surface area contributed by atoms with Crippen LogP contribution in [0.15, 0.2) is 94.5 Å². The van der Waals surface area contributed by atoms with Crippen molar-refractivity contribution in [2.75, 3.05) is 0 Å². The lowest BCUT2D eigenvalue weighted by Crippen LogP contribution is -2.04. The van der Waals surface area contributed by atoms with E-state index in [1.807, 2.05) is 0 Å². The zero-order valence-corrected chi connectivity index (χ0v) is 20.2. The van der Waals surface area contributed by atoms with Gasteiger partial charge >= 0.3 is 0 Å². The zero-order valence-electron chi connectivity index (χ0n) is 20.2. The highest BCUT2D eigenvalue weighted by Gasteiger charge is 2.19. The first-order valence-electron chi connectivity index (χ1n) is 11.7. The summed E-state index contributed by atoms with van der Waals surface area (Å²) in [5.41, 5.74) is 2.97. The minimum Gasteiger partial charge on any atom is -0.508 e. The van der Waals surface area contributed by atoms with Crippen LogP contribution < -0.4 is 10.2 Å². The van der Waals surface area contributed by atoms with Gasteiger partial charge in [0.15, 0.2) is 0 Å². The largest absolute Gasteiger partial charge is 0.508 e. The summed E-state index contributed by atoms with van der Waals surface area (Å²) in [4.78, 5) is 12.4. The Bertz CT molecular complexity index is 1770. The number of aromatic hydroxyl groups is 6. The van der Waals surface area contributed by atoms with Gasteiger partial charge in [0.05, 0.1) is 11.8 Å². The zero-order chi connectivity index (χ0) is 27.7. The summed E-state index contributed by atoms with van der Waals surface area (Å²) in [6.45, 7) is 0. The lowest BCUT2D eigenvalue weighted by molar-refractivity contribution is 0.419. The van der Waals surface area contributed by atoms with Gasteiger partial charge in [-0.2, -0.15) is 0 Å². The van der Waals surface area contributed by atoms with Crippen LogP contribution in [-0.2, 0) is 6.42 Å². The van der Waals surface area contributed by atoms with Gasteiger partial charge in [-0.3, -0.25) is 4.79 Å². The van der Waals surface area contributed by atoms with Crippen LogP contribution in [0, 0.1) is 0 Å². The maximum Gasteiger partial charge on any atom is 0.204 e. The smallest absolute Gasteiger partial charge is 0.204 e. The molecule has 0 bridgehead atoms. The first-order valence-corrected chi connectivity index (χ1v) is 11.7. The Balaban J connectivity index is 0.000000158. The van der Waals surface area contributed by atoms with E-state index in [9.17, 15) is 35.4 Å². The van der Waals surface area contributed by atoms with Gasteiger partial charge in [-0.05, 0) is 41.0 Å². The fourth-order valence-corrected chi connectivity index (χ4v) is 4.17. The highest BCUT2D eigenvalue weighted by molar-refractivity contribution is 5.88. The number of hydrogen-bond donors (Lipinski definition) is 6. The number of phenols is 6. The van der Waals surface area contributed by atoms with E-state index < -0.39 is 5.43 Å². The molecule has 0 radical (unpaired) electrons. The van der Waals surface area contributed by atoms with Crippen LogP contribution in [0.25, 0.3) is 27.7 Å². The summed E-state index contributed by atoms with van der Waals surface area (Å²) >= 11 is 0. The van der Waals surface area contributed by atoms with E-state index in [1.165, 1.54) is 36.6 Å². The molecule has 9 heteroatoms. The molecule has 0 atom stereocenters. The van der Waals surface area contributed by atoms with E-state index in [2.05, 4.69) is 0 Å². The second-order valence-corrected chi connectivity index (χ2v) is 8.79. The summed E-state index contributed by atoms with van der Waals surface area (Å²) in [6.07, 6.45) is 3.36. The van der Waals surface area contributed by atoms with Crippen molar-refractivity contribution in [1.29, 1.82) is 0 Å². The summed E-state index contributed by atoms with van der Waals surface area (Å²) in [6, 6.07) is 17.9. The molecular formula is C30H22O9. The average Bonchev–Trinajstić information content (AvgIpc) is 2.90. The van der Waals surface area contributed by atoms with Gasteiger partial charge in [0, 0.05) is 36.2 Å². The Morgan fingerprint density at radius 2 is 1.23 bits per heavy atom. The van der Waals surface area contributed by atoms with Crippen LogP contribution in [0.2, 0.25) is 0 Å². The molecule has 6 rings (SSSR count). The van der Waals surface area contributed by atoms with E-state index in [1.54, 1.807) is 42.7 Å². The Kier molecular flexibility index (Phi) is 6.47. The van der Waals surface area contributed by atoms with Gasteiger partial charge in [-0.25, -0.2) is 0 Å². The Morgan fingerprint density at radius 3 is 1.90 bits per heavy atom. The molecule has 1 aliphatic rings. The second-order valence-electron chi connectivity index (χ2n) is 8.79.